The zero-order valence-corrected chi connectivity index (χ0v) is 21.9. The van der Waals surface area contributed by atoms with Crippen LogP contribution < -0.4 is 19.7 Å². The summed E-state index contributed by atoms with van der Waals surface area (Å²) in [5, 5.41) is 2.59. The van der Waals surface area contributed by atoms with E-state index in [1.54, 1.807) is 37.3 Å². The third kappa shape index (κ3) is 5.45. The summed E-state index contributed by atoms with van der Waals surface area (Å²) in [6.45, 7) is 4.30. The molecule has 1 N–H and O–H groups in total. The monoisotopic (exact) mass is 568 g/mol. The standard InChI is InChI=1S/C27H22BrClN2O5/c1-3-35-24-13-17(9-11-23(24)36-15-18-6-4-5-7-21(18)28)12-20-25(32)30-27(34)31(26(20)33)22-14-19(29)10-8-16(22)2/h4-14H,3,15H2,1-2H3,(H,30,32,34)/b20-12+. The number of amides is 4. The quantitative estimate of drug-likeness (QED) is 0.276. The second kappa shape index (κ2) is 11.0. The molecule has 0 atom stereocenters. The molecule has 1 aliphatic rings. The van der Waals surface area contributed by atoms with Crippen LogP contribution in [0.4, 0.5) is 10.5 Å². The molecule has 36 heavy (non-hydrogen) atoms. The Bertz CT molecular complexity index is 1390. The maximum absolute atomic E-state index is 13.3. The van der Waals surface area contributed by atoms with Gasteiger partial charge in [-0.05, 0) is 61.4 Å². The minimum atomic E-state index is -0.835. The lowest BCUT2D eigenvalue weighted by Crippen LogP contribution is -2.54. The highest BCUT2D eigenvalue weighted by molar-refractivity contribution is 9.10. The van der Waals surface area contributed by atoms with E-state index in [-0.39, 0.29) is 5.57 Å². The van der Waals surface area contributed by atoms with Gasteiger partial charge in [-0.15, -0.1) is 0 Å². The van der Waals surface area contributed by atoms with E-state index in [1.165, 1.54) is 12.1 Å². The van der Waals surface area contributed by atoms with Crippen molar-refractivity contribution in [2.24, 2.45) is 0 Å². The van der Waals surface area contributed by atoms with Crippen molar-refractivity contribution < 1.29 is 23.9 Å². The van der Waals surface area contributed by atoms with E-state index in [2.05, 4.69) is 21.2 Å². The topological polar surface area (TPSA) is 84.9 Å². The molecule has 0 aromatic heterocycles. The second-order valence-corrected chi connectivity index (χ2v) is 9.20. The number of imide groups is 2. The van der Waals surface area contributed by atoms with Gasteiger partial charge in [0.1, 0.15) is 12.2 Å². The van der Waals surface area contributed by atoms with Crippen molar-refractivity contribution in [3.05, 3.63) is 92.4 Å². The van der Waals surface area contributed by atoms with Gasteiger partial charge in [-0.25, -0.2) is 9.69 Å². The largest absolute Gasteiger partial charge is 0.490 e. The van der Waals surface area contributed by atoms with Crippen LogP contribution in [-0.4, -0.2) is 24.5 Å². The van der Waals surface area contributed by atoms with Crippen LogP contribution in [0.15, 0.2) is 70.7 Å². The van der Waals surface area contributed by atoms with Crippen LogP contribution in [0.3, 0.4) is 0 Å². The lowest BCUT2D eigenvalue weighted by atomic mass is 10.1. The number of barbiturate groups is 1. The van der Waals surface area contributed by atoms with E-state index in [9.17, 15) is 14.4 Å². The number of nitrogens with zero attached hydrogens (tertiary/aromatic N) is 1. The molecule has 7 nitrogen and oxygen atoms in total. The van der Waals surface area contributed by atoms with Crippen molar-refractivity contribution in [3.63, 3.8) is 0 Å². The van der Waals surface area contributed by atoms with E-state index in [0.717, 1.165) is 14.9 Å². The first-order valence-corrected chi connectivity index (χ1v) is 12.3. The predicted octanol–water partition coefficient (Wildman–Crippen LogP) is 6.06. The fraction of sp³-hybridized carbons (Fsp3) is 0.148. The molecule has 1 fully saturated rings. The van der Waals surface area contributed by atoms with Gasteiger partial charge in [0, 0.05) is 15.1 Å². The van der Waals surface area contributed by atoms with Gasteiger partial charge in [0.05, 0.1) is 12.3 Å². The van der Waals surface area contributed by atoms with Crippen LogP contribution in [0, 0.1) is 6.92 Å². The summed E-state index contributed by atoms with van der Waals surface area (Å²) < 4.78 is 12.6. The minimum Gasteiger partial charge on any atom is -0.490 e. The number of hydrogen-bond acceptors (Lipinski definition) is 5. The van der Waals surface area contributed by atoms with Crippen molar-refractivity contribution in [1.82, 2.24) is 5.32 Å². The van der Waals surface area contributed by atoms with E-state index in [4.69, 9.17) is 21.1 Å². The Balaban J connectivity index is 1.64. The van der Waals surface area contributed by atoms with Gasteiger partial charge in [-0.1, -0.05) is 57.9 Å². The van der Waals surface area contributed by atoms with Gasteiger partial charge in [0.2, 0.25) is 0 Å². The van der Waals surface area contributed by atoms with Gasteiger partial charge >= 0.3 is 6.03 Å². The van der Waals surface area contributed by atoms with E-state index in [1.807, 2.05) is 31.2 Å². The highest BCUT2D eigenvalue weighted by Gasteiger charge is 2.37. The fourth-order valence-electron chi connectivity index (χ4n) is 3.64. The molecule has 1 aliphatic heterocycles. The molecule has 0 saturated carbocycles. The van der Waals surface area contributed by atoms with Gasteiger partial charge in [-0.2, -0.15) is 0 Å². The third-order valence-electron chi connectivity index (χ3n) is 5.43. The summed E-state index contributed by atoms with van der Waals surface area (Å²) in [4.78, 5) is 39.3. The summed E-state index contributed by atoms with van der Waals surface area (Å²) in [6, 6.07) is 16.8. The molecule has 3 aromatic rings. The van der Waals surface area contributed by atoms with Gasteiger partial charge in [0.15, 0.2) is 11.5 Å². The highest BCUT2D eigenvalue weighted by Crippen LogP contribution is 2.32. The number of ether oxygens (including phenoxy) is 2. The van der Waals surface area contributed by atoms with E-state index in [0.29, 0.717) is 46.5 Å². The number of carbonyl (C=O) groups excluding carboxylic acids is 3. The molecule has 1 saturated heterocycles. The summed E-state index contributed by atoms with van der Waals surface area (Å²) in [6.07, 6.45) is 1.41. The number of carbonyl (C=O) groups is 3. The van der Waals surface area contributed by atoms with E-state index >= 15 is 0 Å². The number of urea groups is 1. The first-order chi connectivity index (χ1) is 17.3. The highest BCUT2D eigenvalue weighted by atomic mass is 79.9. The Morgan fingerprint density at radius 2 is 1.78 bits per heavy atom. The summed E-state index contributed by atoms with van der Waals surface area (Å²) in [5.74, 6) is -0.559. The summed E-state index contributed by atoms with van der Waals surface area (Å²) in [5.41, 5.74) is 2.26. The SMILES string of the molecule is CCOc1cc(/C=C2\C(=O)NC(=O)N(c3cc(Cl)ccc3C)C2=O)ccc1OCc1ccccc1Br. The number of hydrogen-bond donors (Lipinski definition) is 1. The molecule has 0 bridgehead atoms. The number of benzene rings is 3. The lowest BCUT2D eigenvalue weighted by Gasteiger charge is -2.27. The van der Waals surface area contributed by atoms with Crippen LogP contribution >= 0.6 is 27.5 Å². The van der Waals surface area contributed by atoms with Crippen LogP contribution in [0.5, 0.6) is 11.5 Å². The lowest BCUT2D eigenvalue weighted by molar-refractivity contribution is -0.122. The average Bonchev–Trinajstić information content (AvgIpc) is 2.84. The first-order valence-electron chi connectivity index (χ1n) is 11.1. The predicted molar refractivity (Wildman–Crippen MR) is 141 cm³/mol. The van der Waals surface area contributed by atoms with Gasteiger partial charge in [-0.3, -0.25) is 14.9 Å². The number of anilines is 1. The average molecular weight is 570 g/mol. The van der Waals surface area contributed by atoms with Crippen LogP contribution in [0.25, 0.3) is 6.08 Å². The molecule has 1 heterocycles. The molecular weight excluding hydrogens is 548 g/mol. The number of halogens is 2. The molecule has 0 radical (unpaired) electrons. The number of nitrogens with one attached hydrogen (secondary N) is 1. The Hall–Kier alpha value is -3.62. The Morgan fingerprint density at radius 3 is 2.53 bits per heavy atom. The zero-order valence-electron chi connectivity index (χ0n) is 19.5. The number of aryl methyl sites for hydroxylation is 1. The molecule has 4 amide bonds. The molecule has 4 rings (SSSR count). The van der Waals surface area contributed by atoms with Crippen LogP contribution in [0.2, 0.25) is 5.02 Å². The third-order valence-corrected chi connectivity index (χ3v) is 6.44. The Morgan fingerprint density at radius 1 is 1.00 bits per heavy atom. The van der Waals surface area contributed by atoms with Gasteiger partial charge < -0.3 is 9.47 Å². The molecule has 9 heteroatoms. The van der Waals surface area contributed by atoms with Gasteiger partial charge in [0.25, 0.3) is 11.8 Å². The number of rotatable bonds is 7. The molecule has 0 unspecified atom stereocenters. The van der Waals surface area contributed by atoms with Crippen LogP contribution in [-0.2, 0) is 16.2 Å². The minimum absolute atomic E-state index is 0.196. The molecule has 184 valence electrons. The second-order valence-electron chi connectivity index (χ2n) is 7.91. The van der Waals surface area contributed by atoms with E-state index < -0.39 is 17.8 Å². The maximum Gasteiger partial charge on any atom is 0.335 e. The van der Waals surface area contributed by atoms with Crippen LogP contribution in [0.1, 0.15) is 23.6 Å². The molecule has 0 aliphatic carbocycles. The maximum atomic E-state index is 13.3. The van der Waals surface area contributed by atoms with Crippen molar-refractivity contribution >= 4 is 57.1 Å². The zero-order chi connectivity index (χ0) is 25.8. The molecule has 3 aromatic carbocycles. The van der Waals surface area contributed by atoms with Crippen molar-refractivity contribution in [2.75, 3.05) is 11.5 Å². The van der Waals surface area contributed by atoms with Crippen molar-refractivity contribution in [3.8, 4) is 11.5 Å². The van der Waals surface area contributed by atoms with Crippen molar-refractivity contribution in [2.45, 2.75) is 20.5 Å². The molecular formula is C27H22BrClN2O5. The Labute approximate surface area is 221 Å². The normalized spacial score (nSPS) is 14.7. The first kappa shape index (κ1) is 25.5. The smallest absolute Gasteiger partial charge is 0.335 e. The van der Waals surface area contributed by atoms with Crippen molar-refractivity contribution in [1.29, 1.82) is 0 Å². The summed E-state index contributed by atoms with van der Waals surface area (Å²) in [7, 11) is 0. The molecule has 0 spiro atoms. The summed E-state index contributed by atoms with van der Waals surface area (Å²) >= 11 is 9.59. The Kier molecular flexibility index (Phi) is 7.76. The fourth-order valence-corrected chi connectivity index (χ4v) is 4.20.